The predicted molar refractivity (Wildman–Crippen MR) is 89.2 cm³/mol. The van der Waals surface area contributed by atoms with Crippen LogP contribution in [0.4, 0.5) is 4.39 Å². The Kier molecular flexibility index (Phi) is 4.60. The Balaban J connectivity index is 2.00. The maximum Gasteiger partial charge on any atom is 0.209 e. The normalized spacial score (nSPS) is 16.1. The van der Waals surface area contributed by atoms with E-state index in [1.54, 1.807) is 0 Å². The van der Waals surface area contributed by atoms with Gasteiger partial charge in [0.25, 0.3) is 0 Å². The molecular weight excluding hydrogens is 387 g/mol. The summed E-state index contributed by atoms with van der Waals surface area (Å²) in [6, 6.07) is 7.19. The first-order valence-electron chi connectivity index (χ1n) is 7.02. The van der Waals surface area contributed by atoms with Gasteiger partial charge in [0.2, 0.25) is 5.82 Å². The summed E-state index contributed by atoms with van der Waals surface area (Å²) in [5.41, 5.74) is 2.22. The zero-order chi connectivity index (χ0) is 16.6. The van der Waals surface area contributed by atoms with Crippen LogP contribution in [0.3, 0.4) is 0 Å². The quantitative estimate of drug-likeness (QED) is 0.669. The lowest BCUT2D eigenvalue weighted by atomic mass is 10.1. The van der Waals surface area contributed by atoms with Gasteiger partial charge in [-0.1, -0.05) is 39.7 Å². The molecule has 0 fully saturated rings. The predicted octanol–water partition coefficient (Wildman–Crippen LogP) is 5.13. The fraction of sp³-hybridized carbons (Fsp3) is 0.235. The molecule has 6 heteroatoms. The van der Waals surface area contributed by atoms with Gasteiger partial charge in [0.15, 0.2) is 17.8 Å². The highest BCUT2D eigenvalue weighted by molar-refractivity contribution is 9.10. The molecule has 0 amide bonds. The van der Waals surface area contributed by atoms with Crippen LogP contribution < -0.4 is 9.47 Å². The van der Waals surface area contributed by atoms with Gasteiger partial charge in [-0.15, -0.1) is 0 Å². The molecule has 0 saturated carbocycles. The van der Waals surface area contributed by atoms with E-state index < -0.39 is 5.82 Å². The Hall–Kier alpha value is -1.59. The summed E-state index contributed by atoms with van der Waals surface area (Å²) in [4.78, 5) is 11.0. The second-order valence-corrected chi connectivity index (χ2v) is 6.46. The molecule has 3 nitrogen and oxygen atoms in total. The van der Waals surface area contributed by atoms with Gasteiger partial charge >= 0.3 is 0 Å². The summed E-state index contributed by atoms with van der Waals surface area (Å²) in [6.45, 7) is 0. The van der Waals surface area contributed by atoms with E-state index in [1.807, 2.05) is 18.2 Å². The molecule has 0 aliphatic heterocycles. The third-order valence-corrected chi connectivity index (χ3v) is 4.93. The van der Waals surface area contributed by atoms with Gasteiger partial charge in [-0.05, 0) is 36.1 Å². The number of carbonyl (C=O) groups is 1. The molecule has 1 aliphatic rings. The van der Waals surface area contributed by atoms with Crippen LogP contribution in [0.25, 0.3) is 0 Å². The van der Waals surface area contributed by atoms with Crippen molar-refractivity contribution >= 4 is 33.8 Å². The highest BCUT2D eigenvalue weighted by Crippen LogP contribution is 2.43. The fourth-order valence-corrected chi connectivity index (χ4v) is 3.67. The summed E-state index contributed by atoms with van der Waals surface area (Å²) in [7, 11) is 1.30. The molecule has 1 atom stereocenters. The Morgan fingerprint density at radius 2 is 2.17 bits per heavy atom. The van der Waals surface area contributed by atoms with E-state index in [1.165, 1.54) is 13.2 Å². The Morgan fingerprint density at radius 1 is 1.39 bits per heavy atom. The summed E-state index contributed by atoms with van der Waals surface area (Å²) in [5.74, 6) is -1.01. The van der Waals surface area contributed by atoms with Gasteiger partial charge in [0, 0.05) is 4.47 Å². The summed E-state index contributed by atoms with van der Waals surface area (Å²) in [6.07, 6.45) is 1.77. The Bertz CT molecular complexity index is 779. The van der Waals surface area contributed by atoms with Crippen LogP contribution in [0.15, 0.2) is 28.7 Å². The van der Waals surface area contributed by atoms with Gasteiger partial charge in [0.05, 0.1) is 17.7 Å². The first-order chi connectivity index (χ1) is 11.1. The summed E-state index contributed by atoms with van der Waals surface area (Å²) < 4.78 is 26.4. The lowest BCUT2D eigenvalue weighted by Gasteiger charge is -2.18. The minimum atomic E-state index is -0.759. The van der Waals surface area contributed by atoms with E-state index in [0.717, 1.165) is 28.4 Å². The van der Waals surface area contributed by atoms with Crippen molar-refractivity contribution in [1.82, 2.24) is 0 Å². The number of hydrogen-bond acceptors (Lipinski definition) is 3. The molecule has 0 heterocycles. The lowest BCUT2D eigenvalue weighted by Crippen LogP contribution is -2.07. The zero-order valence-electron chi connectivity index (χ0n) is 12.2. The number of rotatable bonds is 4. The van der Waals surface area contributed by atoms with Gasteiger partial charge in [0.1, 0.15) is 6.10 Å². The van der Waals surface area contributed by atoms with E-state index >= 15 is 0 Å². The van der Waals surface area contributed by atoms with Crippen molar-refractivity contribution < 1.29 is 18.7 Å². The van der Waals surface area contributed by atoms with Crippen LogP contribution in [0.5, 0.6) is 11.5 Å². The second kappa shape index (κ2) is 6.49. The van der Waals surface area contributed by atoms with Gasteiger partial charge in [-0.25, -0.2) is 0 Å². The second-order valence-electron chi connectivity index (χ2n) is 5.19. The van der Waals surface area contributed by atoms with Gasteiger partial charge in [-0.3, -0.25) is 4.79 Å². The molecule has 2 aromatic rings. The largest absolute Gasteiger partial charge is 0.493 e. The van der Waals surface area contributed by atoms with Crippen molar-refractivity contribution in [1.29, 1.82) is 0 Å². The molecule has 23 heavy (non-hydrogen) atoms. The number of carbonyl (C=O) groups excluding carboxylic acids is 1. The van der Waals surface area contributed by atoms with Crippen LogP contribution in [0.1, 0.15) is 34.0 Å². The zero-order valence-corrected chi connectivity index (χ0v) is 14.6. The highest BCUT2D eigenvalue weighted by Gasteiger charge is 2.28. The SMILES string of the molecule is COc1c(C=O)cc(Cl)c(OC2CCc3c(Br)cccc32)c1F. The first kappa shape index (κ1) is 16.3. The molecule has 0 saturated heterocycles. The molecule has 3 rings (SSSR count). The minimum Gasteiger partial charge on any atom is -0.493 e. The maximum absolute atomic E-state index is 14.6. The van der Waals surface area contributed by atoms with E-state index in [-0.39, 0.29) is 28.2 Å². The molecule has 0 N–H and O–H groups in total. The molecule has 2 aromatic carbocycles. The van der Waals surface area contributed by atoms with Crippen molar-refractivity contribution in [3.8, 4) is 11.5 Å². The number of methoxy groups -OCH3 is 1. The Morgan fingerprint density at radius 3 is 2.87 bits per heavy atom. The summed E-state index contributed by atoms with van der Waals surface area (Å²) >= 11 is 9.61. The van der Waals surface area contributed by atoms with E-state index in [4.69, 9.17) is 21.1 Å². The standard InChI is InChI=1S/C17H13BrClFO3/c1-22-16-9(8-21)7-13(19)17(15(16)20)23-14-6-5-10-11(14)3-2-4-12(10)18/h2-4,7-8,14H,5-6H2,1H3. The third kappa shape index (κ3) is 2.83. The molecular formula is C17H13BrClFO3. The van der Waals surface area contributed by atoms with Crippen molar-refractivity contribution in [3.63, 3.8) is 0 Å². The van der Waals surface area contributed by atoms with Crippen LogP contribution in [0, 0.1) is 5.82 Å². The smallest absolute Gasteiger partial charge is 0.209 e. The van der Waals surface area contributed by atoms with Crippen LogP contribution >= 0.6 is 27.5 Å². The molecule has 0 spiro atoms. The van der Waals surface area contributed by atoms with E-state index in [0.29, 0.717) is 6.29 Å². The lowest BCUT2D eigenvalue weighted by molar-refractivity contribution is 0.111. The van der Waals surface area contributed by atoms with Crippen molar-refractivity contribution in [2.75, 3.05) is 7.11 Å². The number of aldehydes is 1. The first-order valence-corrected chi connectivity index (χ1v) is 8.19. The maximum atomic E-state index is 14.6. The van der Waals surface area contributed by atoms with E-state index in [9.17, 15) is 9.18 Å². The number of ether oxygens (including phenoxy) is 2. The van der Waals surface area contributed by atoms with Gasteiger partial charge in [-0.2, -0.15) is 4.39 Å². The molecule has 0 radical (unpaired) electrons. The monoisotopic (exact) mass is 398 g/mol. The van der Waals surface area contributed by atoms with Crippen LogP contribution in [-0.4, -0.2) is 13.4 Å². The topological polar surface area (TPSA) is 35.5 Å². The average molecular weight is 400 g/mol. The van der Waals surface area contributed by atoms with Crippen LogP contribution in [0.2, 0.25) is 5.02 Å². The van der Waals surface area contributed by atoms with Gasteiger partial charge < -0.3 is 9.47 Å². The number of hydrogen-bond donors (Lipinski definition) is 0. The molecule has 1 unspecified atom stereocenters. The Labute approximate surface area is 146 Å². The van der Waals surface area contributed by atoms with Crippen molar-refractivity contribution in [3.05, 3.63) is 56.3 Å². The molecule has 1 aliphatic carbocycles. The van der Waals surface area contributed by atoms with E-state index in [2.05, 4.69) is 15.9 Å². The third-order valence-electron chi connectivity index (χ3n) is 3.91. The van der Waals surface area contributed by atoms with Crippen molar-refractivity contribution in [2.45, 2.75) is 18.9 Å². The molecule has 0 bridgehead atoms. The molecule has 0 aromatic heterocycles. The number of benzene rings is 2. The molecule has 120 valence electrons. The number of halogens is 3. The van der Waals surface area contributed by atoms with Crippen LogP contribution in [-0.2, 0) is 6.42 Å². The highest BCUT2D eigenvalue weighted by atomic mass is 79.9. The minimum absolute atomic E-state index is 0.0499. The van der Waals surface area contributed by atoms with Crippen molar-refractivity contribution in [2.24, 2.45) is 0 Å². The summed E-state index contributed by atoms with van der Waals surface area (Å²) in [5, 5.41) is 0.0499. The average Bonchev–Trinajstić information content (AvgIpc) is 2.95. The number of fused-ring (bicyclic) bond motifs is 1. The fourth-order valence-electron chi connectivity index (χ4n) is 2.84.